The van der Waals surface area contributed by atoms with Gasteiger partial charge in [-0.1, -0.05) is 16.2 Å². The molecule has 0 aliphatic rings. The third-order valence-electron chi connectivity index (χ3n) is 1.69. The number of fused-ring (bicyclic) bond motifs is 2. The number of rotatable bonds is 0. The number of para-hydroxylation sites is 2. The van der Waals surface area contributed by atoms with E-state index in [4.69, 9.17) is 8.72 Å². The fraction of sp³-hybridized carbons (Fsp3) is 0. The van der Waals surface area contributed by atoms with Gasteiger partial charge in [0.25, 0.3) is 0 Å². The number of aromatic nitrogens is 3. The molecular formula is C6H6N3O2P3. The van der Waals surface area contributed by atoms with Crippen LogP contribution in [0.25, 0.3) is 11.2 Å². The highest BCUT2D eigenvalue weighted by Gasteiger charge is 2.00. The first-order valence-electron chi connectivity index (χ1n) is 3.90. The number of H-pyrrole nitrogens is 1. The predicted octanol–water partition coefficient (Wildman–Crippen LogP) is 3.58. The molecule has 0 spiro atoms. The molecule has 0 saturated carbocycles. The maximum atomic E-state index is 5.69. The maximum absolute atomic E-state index is 5.69. The fourth-order valence-corrected chi connectivity index (χ4v) is 4.88. The van der Waals surface area contributed by atoms with Gasteiger partial charge in [0.15, 0.2) is 11.2 Å². The third kappa shape index (κ3) is 1.34. The molecule has 0 bridgehead atoms. The van der Waals surface area contributed by atoms with E-state index in [1.165, 1.54) is 0 Å². The van der Waals surface area contributed by atoms with Crippen LogP contribution in [0.2, 0.25) is 0 Å². The van der Waals surface area contributed by atoms with Gasteiger partial charge in [-0.15, -0.1) is 4.51 Å². The first-order chi connectivity index (χ1) is 6.93. The van der Waals surface area contributed by atoms with Crippen LogP contribution >= 0.6 is 24.9 Å². The van der Waals surface area contributed by atoms with Crippen molar-refractivity contribution in [2.75, 3.05) is 0 Å². The van der Waals surface area contributed by atoms with Gasteiger partial charge in [-0.2, -0.15) is 0 Å². The summed E-state index contributed by atoms with van der Waals surface area (Å²) in [4.78, 5) is 0. The van der Waals surface area contributed by atoms with Crippen LogP contribution in [0.3, 0.4) is 0 Å². The second-order valence-electron chi connectivity index (χ2n) is 2.57. The summed E-state index contributed by atoms with van der Waals surface area (Å²) in [5.74, 6) is 0. The van der Waals surface area contributed by atoms with E-state index in [9.17, 15) is 0 Å². The Labute approximate surface area is 82.7 Å². The van der Waals surface area contributed by atoms with Crippen molar-refractivity contribution in [3.63, 3.8) is 0 Å². The van der Waals surface area contributed by atoms with Crippen LogP contribution in [0.15, 0.2) is 33.0 Å². The summed E-state index contributed by atoms with van der Waals surface area (Å²) in [7, 11) is 0.314. The average Bonchev–Trinajstić information content (AvgIpc) is 2.26. The smallest absolute Gasteiger partial charge is 0.301 e. The molecule has 2 heterocycles. The van der Waals surface area contributed by atoms with E-state index in [0.29, 0.717) is 8.51 Å². The fourth-order valence-electron chi connectivity index (χ4n) is 1.10. The van der Waals surface area contributed by atoms with Crippen LogP contribution in [-0.4, -0.2) is 13.1 Å². The van der Waals surface area contributed by atoms with Crippen molar-refractivity contribution in [3.05, 3.63) is 24.3 Å². The van der Waals surface area contributed by atoms with E-state index in [-0.39, 0.29) is 0 Å². The normalized spacial score (nSPS) is 13.3. The van der Waals surface area contributed by atoms with Gasteiger partial charge < -0.3 is 8.72 Å². The molecule has 0 aliphatic carbocycles. The highest BCUT2D eigenvalue weighted by Crippen LogP contribution is 2.28. The summed E-state index contributed by atoms with van der Waals surface area (Å²) >= 11 is 0. The molecule has 0 fully saturated rings. The molecule has 0 radical (unpaired) electrons. The highest BCUT2D eigenvalue weighted by molar-refractivity contribution is 7.48. The molecule has 5 nitrogen and oxygen atoms in total. The van der Waals surface area contributed by atoms with Crippen molar-refractivity contribution >= 4 is 36.1 Å². The van der Waals surface area contributed by atoms with Gasteiger partial charge in [0.05, 0.1) is 8.51 Å². The van der Waals surface area contributed by atoms with Crippen LogP contribution in [-0.2, 0) is 0 Å². The first kappa shape index (κ1) is 8.43. The lowest BCUT2D eigenvalue weighted by Gasteiger charge is -2.00. The zero-order chi connectivity index (χ0) is 9.38. The Morgan fingerprint density at radius 1 is 1.43 bits per heavy atom. The van der Waals surface area contributed by atoms with E-state index in [0.717, 1.165) is 19.7 Å². The molecule has 1 N–H and O–H groups in total. The molecule has 72 valence electrons. The van der Waals surface area contributed by atoms with Crippen molar-refractivity contribution in [2.24, 2.45) is 0 Å². The van der Waals surface area contributed by atoms with Crippen molar-refractivity contribution in [1.29, 1.82) is 0 Å². The van der Waals surface area contributed by atoms with Crippen LogP contribution < -0.4 is 0 Å². The number of benzene rings is 1. The third-order valence-corrected chi connectivity index (χ3v) is 5.30. The molecule has 3 aromatic rings. The molecular weight excluding hydrogens is 239 g/mol. The largest absolute Gasteiger partial charge is 0.410 e. The number of nitrogens with one attached hydrogen (secondary N) is 1. The molecule has 3 rings (SSSR count). The number of hydrogen-bond acceptors (Lipinski definition) is 3. The Morgan fingerprint density at radius 3 is 3.21 bits per heavy atom. The van der Waals surface area contributed by atoms with Gasteiger partial charge in [-0.25, -0.2) is 0 Å². The van der Waals surface area contributed by atoms with Crippen LogP contribution in [0, 0.1) is 0 Å². The summed E-state index contributed by atoms with van der Waals surface area (Å²) in [6.45, 7) is 0. The Hall–Kier alpha value is -0.880. The van der Waals surface area contributed by atoms with Crippen LogP contribution in [0.1, 0.15) is 0 Å². The molecule has 14 heavy (non-hydrogen) atoms. The molecule has 2 unspecified atom stereocenters. The average molecular weight is 245 g/mol. The minimum absolute atomic E-state index is 0.402. The number of hydrogen-bond donors (Lipinski definition) is 1. The van der Waals surface area contributed by atoms with Gasteiger partial charge in [-0.3, -0.25) is 4.51 Å². The molecule has 2 atom stereocenters. The standard InChI is InChI=1S/C6H6N3O2P3/c1-2-4-6-5(3-1)10-9-13-7-12-8-14(9)11-6/h1-4,13H,(H,7,8). The Balaban J connectivity index is 2.52. The van der Waals surface area contributed by atoms with Crippen molar-refractivity contribution in [2.45, 2.75) is 0 Å². The van der Waals surface area contributed by atoms with E-state index < -0.39 is 7.90 Å². The lowest BCUT2D eigenvalue weighted by molar-refractivity contribution is 0.430. The van der Waals surface area contributed by atoms with E-state index in [1.807, 2.05) is 24.3 Å². The van der Waals surface area contributed by atoms with E-state index >= 15 is 0 Å². The van der Waals surface area contributed by atoms with E-state index in [2.05, 4.69) is 9.02 Å². The lowest BCUT2D eigenvalue weighted by Crippen LogP contribution is -1.78. The molecule has 0 amide bonds. The molecule has 8 heteroatoms. The second kappa shape index (κ2) is 3.36. The highest BCUT2D eigenvalue weighted by atomic mass is 31.2. The molecule has 0 aliphatic heterocycles. The molecule has 2 aromatic heterocycles. The van der Waals surface area contributed by atoms with Crippen molar-refractivity contribution in [3.8, 4) is 0 Å². The Kier molecular flexibility index (Phi) is 2.02. The minimum Gasteiger partial charge on any atom is -0.410 e. The predicted molar refractivity (Wildman–Crippen MR) is 58.2 cm³/mol. The maximum Gasteiger partial charge on any atom is 0.301 e. The van der Waals surface area contributed by atoms with E-state index in [1.54, 1.807) is 4.10 Å². The lowest BCUT2D eigenvalue weighted by atomic mass is 10.3. The first-order valence-corrected chi connectivity index (χ1v) is 6.86. The van der Waals surface area contributed by atoms with Gasteiger partial charge in [0.1, 0.15) is 8.51 Å². The Morgan fingerprint density at radius 2 is 2.29 bits per heavy atom. The zero-order valence-electron chi connectivity index (χ0n) is 6.91. The second-order valence-corrected chi connectivity index (χ2v) is 6.44. The SMILES string of the molecule is c1ccc2op3np[nH][pH]n3oc2c1. The topological polar surface area (TPSA) is 59.4 Å². The summed E-state index contributed by atoms with van der Waals surface area (Å²) in [5.41, 5.74) is 1.54. The number of nitrogens with zero attached hydrogens (tertiary/aromatic N) is 2. The van der Waals surface area contributed by atoms with Gasteiger partial charge in [-0.05, 0) is 12.1 Å². The molecule has 1 aromatic carbocycles. The van der Waals surface area contributed by atoms with Crippen LogP contribution in [0.4, 0.5) is 0 Å². The summed E-state index contributed by atoms with van der Waals surface area (Å²) in [6, 6.07) is 7.63. The summed E-state index contributed by atoms with van der Waals surface area (Å²) in [6.07, 6.45) is 0. The van der Waals surface area contributed by atoms with Crippen LogP contribution in [0.5, 0.6) is 0 Å². The number of aromatic amines is 1. The van der Waals surface area contributed by atoms with Gasteiger partial charge >= 0.3 is 7.90 Å². The summed E-state index contributed by atoms with van der Waals surface area (Å²) in [5, 5.41) is 0. The monoisotopic (exact) mass is 245 g/mol. The van der Waals surface area contributed by atoms with Crippen molar-refractivity contribution in [1.82, 2.24) is 13.1 Å². The quantitative estimate of drug-likeness (QED) is 0.615. The van der Waals surface area contributed by atoms with Gasteiger partial charge in [0, 0.05) is 0 Å². The zero-order valence-corrected chi connectivity index (χ0v) is 9.70. The molecule has 0 saturated heterocycles. The van der Waals surface area contributed by atoms with Crippen molar-refractivity contribution < 1.29 is 8.72 Å². The minimum atomic E-state index is -0.959. The Bertz CT molecular complexity index is 515. The summed E-state index contributed by atoms with van der Waals surface area (Å²) < 4.78 is 20.4. The van der Waals surface area contributed by atoms with Gasteiger partial charge in [0.2, 0.25) is 0 Å².